The van der Waals surface area contributed by atoms with E-state index in [1.54, 1.807) is 0 Å². The number of pyridine rings is 1. The summed E-state index contributed by atoms with van der Waals surface area (Å²) in [6.45, 7) is 3.49. The molecule has 3 aliphatic rings. The van der Waals surface area contributed by atoms with Crippen molar-refractivity contribution in [3.8, 4) is 17.1 Å². The van der Waals surface area contributed by atoms with E-state index in [2.05, 4.69) is 38.4 Å². The normalized spacial score (nSPS) is 13.8. The summed E-state index contributed by atoms with van der Waals surface area (Å²) in [6.07, 6.45) is 4.07. The first-order valence-electron chi connectivity index (χ1n) is 12.1. The maximum atomic E-state index is 11.5. The summed E-state index contributed by atoms with van der Waals surface area (Å²) in [5.41, 5.74) is 8.25. The number of aryl methyl sites for hydroxylation is 1. The Balaban J connectivity index is 1.56. The quantitative estimate of drug-likeness (QED) is 0.325. The van der Waals surface area contributed by atoms with Gasteiger partial charge < -0.3 is 15.2 Å². The molecule has 0 unspecified atom stereocenters. The number of hydrogen-bond acceptors (Lipinski definition) is 5. The lowest BCUT2D eigenvalue weighted by Gasteiger charge is -2.20. The van der Waals surface area contributed by atoms with E-state index in [0.29, 0.717) is 6.04 Å². The van der Waals surface area contributed by atoms with Crippen LogP contribution in [0.4, 0.5) is 17.1 Å². The summed E-state index contributed by atoms with van der Waals surface area (Å²) in [7, 11) is 0. The molecule has 0 saturated heterocycles. The maximum Gasteiger partial charge on any atom is 0.221 e. The van der Waals surface area contributed by atoms with E-state index in [4.69, 9.17) is 9.98 Å². The van der Waals surface area contributed by atoms with Crippen LogP contribution in [0.1, 0.15) is 25.5 Å². The van der Waals surface area contributed by atoms with Crippen molar-refractivity contribution in [3.63, 3.8) is 0 Å². The summed E-state index contributed by atoms with van der Waals surface area (Å²) in [5, 5.41) is 7.26. The molecule has 6 rings (SSSR count). The standard InChI is InChI=1S/C29H26N6O/c1-18-7-8-22(17-30-18)33-25-15-27-29(16-26(25)32-21-9-10-21)35(28-6-4-3-5-24(28)34-27)23-13-11-20(12-14-23)31-19(2)36/h3-8,11-17,21,33H,9-10H2,1-2H3,(H,31,36). The van der Waals surface area contributed by atoms with E-state index in [1.807, 2.05) is 67.7 Å². The molecule has 3 aromatic rings. The van der Waals surface area contributed by atoms with Gasteiger partial charge in [0, 0.05) is 24.0 Å². The van der Waals surface area contributed by atoms with E-state index in [9.17, 15) is 4.79 Å². The molecule has 7 heteroatoms. The van der Waals surface area contributed by atoms with Crippen molar-refractivity contribution in [2.24, 2.45) is 4.99 Å². The lowest BCUT2D eigenvalue weighted by atomic mass is 10.1. The first-order valence-corrected chi connectivity index (χ1v) is 12.1. The molecular formula is C29H26N6O. The molecule has 0 spiro atoms. The number of benzene rings is 3. The molecule has 1 amide bonds. The third kappa shape index (κ3) is 4.43. The van der Waals surface area contributed by atoms with Crippen LogP contribution in [0.5, 0.6) is 0 Å². The molecule has 178 valence electrons. The van der Waals surface area contributed by atoms with Gasteiger partial charge in [0.05, 0.1) is 51.4 Å². The Morgan fingerprint density at radius 1 is 1.00 bits per heavy atom. The molecule has 0 radical (unpaired) electrons. The predicted octanol–water partition coefficient (Wildman–Crippen LogP) is 5.60. The number of fused-ring (bicyclic) bond motifs is 2. The Labute approximate surface area is 208 Å². The molecule has 2 heterocycles. The summed E-state index contributed by atoms with van der Waals surface area (Å²) in [6, 6.07) is 24.6. The fraction of sp³-hybridized carbons (Fsp3) is 0.172. The van der Waals surface area contributed by atoms with Gasteiger partial charge in [0.25, 0.3) is 0 Å². The Kier molecular flexibility index (Phi) is 5.45. The lowest BCUT2D eigenvalue weighted by molar-refractivity contribution is -0.114. The molecule has 2 aliphatic carbocycles. The van der Waals surface area contributed by atoms with Crippen LogP contribution in [0.15, 0.2) is 84.0 Å². The Hall–Kier alpha value is -4.52. The van der Waals surface area contributed by atoms with Crippen LogP contribution in [0, 0.1) is 6.92 Å². The van der Waals surface area contributed by atoms with Crippen molar-refractivity contribution >= 4 is 34.0 Å². The highest BCUT2D eigenvalue weighted by atomic mass is 16.1. The summed E-state index contributed by atoms with van der Waals surface area (Å²) in [4.78, 5) is 25.9. The second kappa shape index (κ2) is 8.92. The topological polar surface area (TPSA) is 84.2 Å². The smallest absolute Gasteiger partial charge is 0.221 e. The summed E-state index contributed by atoms with van der Waals surface area (Å²) in [5.74, 6) is -0.0923. The van der Waals surface area contributed by atoms with Gasteiger partial charge in [-0.3, -0.25) is 14.8 Å². The van der Waals surface area contributed by atoms with Crippen LogP contribution in [0.3, 0.4) is 0 Å². The minimum Gasteiger partial charge on any atom is -0.352 e. The van der Waals surface area contributed by atoms with Crippen LogP contribution in [-0.4, -0.2) is 26.5 Å². The van der Waals surface area contributed by atoms with E-state index >= 15 is 0 Å². The van der Waals surface area contributed by atoms with Gasteiger partial charge in [-0.05, 0) is 80.4 Å². The zero-order valence-electron chi connectivity index (χ0n) is 20.2. The molecule has 1 aromatic heterocycles. The van der Waals surface area contributed by atoms with Gasteiger partial charge in [-0.2, -0.15) is 0 Å². The van der Waals surface area contributed by atoms with Crippen molar-refractivity contribution in [2.75, 3.05) is 10.6 Å². The molecular weight excluding hydrogens is 448 g/mol. The minimum absolute atomic E-state index is 0.0923. The number of carbonyl (C=O) groups excluding carboxylic acids is 1. The molecule has 36 heavy (non-hydrogen) atoms. The Bertz CT molecular complexity index is 1620. The average molecular weight is 475 g/mol. The van der Waals surface area contributed by atoms with Gasteiger partial charge in [-0.25, -0.2) is 4.98 Å². The van der Waals surface area contributed by atoms with Gasteiger partial charge in [-0.15, -0.1) is 0 Å². The van der Waals surface area contributed by atoms with E-state index in [0.717, 1.165) is 69.1 Å². The van der Waals surface area contributed by atoms with Crippen LogP contribution in [-0.2, 0) is 4.79 Å². The van der Waals surface area contributed by atoms with E-state index in [1.165, 1.54) is 6.92 Å². The highest BCUT2D eigenvalue weighted by Gasteiger charge is 2.22. The number of anilines is 3. The molecule has 0 bridgehead atoms. The first-order chi connectivity index (χ1) is 17.5. The number of amides is 1. The number of nitrogens with one attached hydrogen (secondary N) is 2. The molecule has 2 N–H and O–H groups in total. The van der Waals surface area contributed by atoms with Crippen LogP contribution in [0.2, 0.25) is 0 Å². The Morgan fingerprint density at radius 3 is 2.50 bits per heavy atom. The highest BCUT2D eigenvalue weighted by Crippen LogP contribution is 2.31. The zero-order chi connectivity index (χ0) is 24.6. The molecule has 0 atom stereocenters. The Morgan fingerprint density at radius 2 is 1.78 bits per heavy atom. The molecule has 7 nitrogen and oxygen atoms in total. The zero-order valence-corrected chi connectivity index (χ0v) is 20.2. The summed E-state index contributed by atoms with van der Waals surface area (Å²) >= 11 is 0. The number of hydrogen-bond donors (Lipinski definition) is 2. The van der Waals surface area contributed by atoms with Gasteiger partial charge in [-0.1, -0.05) is 12.1 Å². The van der Waals surface area contributed by atoms with Crippen LogP contribution >= 0.6 is 0 Å². The molecule has 1 fully saturated rings. The molecule has 2 aromatic carbocycles. The SMILES string of the molecule is CC(=O)Nc1ccc(-n2c3cc(=NC4CC4)c(Nc4ccc(C)nc4)cc-3nc3ccccc32)cc1. The van der Waals surface area contributed by atoms with Crippen molar-refractivity contribution in [1.29, 1.82) is 0 Å². The van der Waals surface area contributed by atoms with Crippen molar-refractivity contribution in [2.45, 2.75) is 32.7 Å². The van der Waals surface area contributed by atoms with Gasteiger partial charge in [0.2, 0.25) is 5.91 Å². The van der Waals surface area contributed by atoms with Gasteiger partial charge in [0.15, 0.2) is 0 Å². The number of rotatable bonds is 5. The number of carbonyl (C=O) groups is 1. The van der Waals surface area contributed by atoms with Gasteiger partial charge in [0.1, 0.15) is 0 Å². The van der Waals surface area contributed by atoms with Crippen molar-refractivity contribution in [3.05, 3.63) is 90.0 Å². The summed E-state index contributed by atoms with van der Waals surface area (Å²) < 4.78 is 2.21. The van der Waals surface area contributed by atoms with E-state index < -0.39 is 0 Å². The number of aromatic nitrogens is 3. The van der Waals surface area contributed by atoms with Crippen LogP contribution < -0.4 is 16.0 Å². The largest absolute Gasteiger partial charge is 0.352 e. The monoisotopic (exact) mass is 474 g/mol. The number of para-hydroxylation sites is 2. The average Bonchev–Trinajstić information content (AvgIpc) is 3.69. The number of nitrogens with zero attached hydrogens (tertiary/aromatic N) is 4. The third-order valence-corrected chi connectivity index (χ3v) is 6.20. The third-order valence-electron chi connectivity index (χ3n) is 6.20. The van der Waals surface area contributed by atoms with Crippen molar-refractivity contribution < 1.29 is 4.79 Å². The second-order valence-corrected chi connectivity index (χ2v) is 9.20. The van der Waals surface area contributed by atoms with Crippen molar-refractivity contribution in [1.82, 2.24) is 14.5 Å². The van der Waals surface area contributed by atoms with Crippen LogP contribution in [0.25, 0.3) is 28.1 Å². The molecule has 1 saturated carbocycles. The predicted molar refractivity (Wildman–Crippen MR) is 143 cm³/mol. The minimum atomic E-state index is -0.0923. The fourth-order valence-corrected chi connectivity index (χ4v) is 4.32. The highest BCUT2D eigenvalue weighted by molar-refractivity contribution is 5.89. The maximum absolute atomic E-state index is 11.5. The van der Waals surface area contributed by atoms with Gasteiger partial charge >= 0.3 is 0 Å². The first kappa shape index (κ1) is 22.0. The fourth-order valence-electron chi connectivity index (χ4n) is 4.32. The lowest BCUT2D eigenvalue weighted by Crippen LogP contribution is -2.15. The van der Waals surface area contributed by atoms with E-state index in [-0.39, 0.29) is 5.91 Å². The second-order valence-electron chi connectivity index (χ2n) is 9.20. The molecule has 1 aliphatic heterocycles.